The van der Waals surface area contributed by atoms with Gasteiger partial charge >= 0.3 is 0 Å². The van der Waals surface area contributed by atoms with Crippen LogP contribution in [-0.4, -0.2) is 4.57 Å². The quantitative estimate of drug-likeness (QED) is 0.760. The van der Waals surface area contributed by atoms with E-state index >= 15 is 0 Å². The van der Waals surface area contributed by atoms with E-state index in [0.717, 1.165) is 11.3 Å². The van der Waals surface area contributed by atoms with Gasteiger partial charge in [-0.25, -0.2) is 0 Å². The van der Waals surface area contributed by atoms with Crippen LogP contribution >= 0.6 is 11.6 Å². The standard InChI is InChI=1S/C15H16ClNO/c1-10-4-5-12(8-11(10)2)14-7-6-13(9-16)15(18)17(14)3/h4-8H,9H2,1-3H3. The van der Waals surface area contributed by atoms with Crippen LogP contribution in [0, 0.1) is 13.8 Å². The molecule has 94 valence electrons. The highest BCUT2D eigenvalue weighted by molar-refractivity contribution is 6.17. The van der Waals surface area contributed by atoms with Crippen molar-refractivity contribution < 1.29 is 0 Å². The van der Waals surface area contributed by atoms with Crippen LogP contribution in [0.1, 0.15) is 16.7 Å². The third kappa shape index (κ3) is 2.21. The van der Waals surface area contributed by atoms with Crippen LogP contribution in [0.4, 0.5) is 0 Å². The Morgan fingerprint density at radius 2 is 1.83 bits per heavy atom. The summed E-state index contributed by atoms with van der Waals surface area (Å²) in [6.07, 6.45) is 0. The van der Waals surface area contributed by atoms with E-state index in [-0.39, 0.29) is 11.4 Å². The van der Waals surface area contributed by atoms with Gasteiger partial charge in [-0.15, -0.1) is 11.6 Å². The maximum Gasteiger partial charge on any atom is 0.255 e. The predicted molar refractivity (Wildman–Crippen MR) is 76.2 cm³/mol. The van der Waals surface area contributed by atoms with Crippen molar-refractivity contribution in [2.45, 2.75) is 19.7 Å². The van der Waals surface area contributed by atoms with Gasteiger partial charge in [-0.2, -0.15) is 0 Å². The third-order valence-corrected chi connectivity index (χ3v) is 3.62. The maximum atomic E-state index is 12.0. The van der Waals surface area contributed by atoms with E-state index in [0.29, 0.717) is 5.56 Å². The smallest absolute Gasteiger partial charge is 0.255 e. The molecule has 0 N–H and O–H groups in total. The Morgan fingerprint density at radius 3 is 2.44 bits per heavy atom. The van der Waals surface area contributed by atoms with Crippen molar-refractivity contribution in [2.24, 2.45) is 7.05 Å². The molecule has 3 heteroatoms. The molecule has 0 aliphatic heterocycles. The molecule has 0 atom stereocenters. The first kappa shape index (κ1) is 12.9. The van der Waals surface area contributed by atoms with E-state index in [9.17, 15) is 4.79 Å². The Kier molecular flexibility index (Phi) is 3.58. The molecule has 2 rings (SSSR count). The molecule has 0 spiro atoms. The first-order valence-electron chi connectivity index (χ1n) is 5.87. The van der Waals surface area contributed by atoms with Crippen LogP contribution in [0.15, 0.2) is 35.1 Å². The molecule has 0 radical (unpaired) electrons. The van der Waals surface area contributed by atoms with E-state index in [2.05, 4.69) is 26.0 Å². The largest absolute Gasteiger partial charge is 0.311 e. The van der Waals surface area contributed by atoms with Gasteiger partial charge in [0.05, 0.1) is 11.6 Å². The van der Waals surface area contributed by atoms with Crippen LogP contribution in [0.5, 0.6) is 0 Å². The summed E-state index contributed by atoms with van der Waals surface area (Å²) in [5.41, 5.74) is 5.05. The van der Waals surface area contributed by atoms with Crippen LogP contribution in [0.2, 0.25) is 0 Å². The Hall–Kier alpha value is -1.54. The summed E-state index contributed by atoms with van der Waals surface area (Å²) in [6, 6.07) is 9.97. The van der Waals surface area contributed by atoms with Gasteiger partial charge in [-0.3, -0.25) is 4.79 Å². The van der Waals surface area contributed by atoms with Crippen molar-refractivity contribution in [3.63, 3.8) is 0 Å². The molecular formula is C15H16ClNO. The number of halogens is 1. The van der Waals surface area contributed by atoms with E-state index in [1.165, 1.54) is 11.1 Å². The van der Waals surface area contributed by atoms with Crippen LogP contribution in [0.3, 0.4) is 0 Å². The lowest BCUT2D eigenvalue weighted by molar-refractivity contribution is 0.856. The van der Waals surface area contributed by atoms with Crippen LogP contribution < -0.4 is 5.56 Å². The van der Waals surface area contributed by atoms with Gasteiger partial charge in [0.1, 0.15) is 0 Å². The second-order valence-corrected chi connectivity index (χ2v) is 4.81. The summed E-state index contributed by atoms with van der Waals surface area (Å²) in [5.74, 6) is 0.250. The number of aryl methyl sites for hydroxylation is 2. The summed E-state index contributed by atoms with van der Waals surface area (Å²) in [6.45, 7) is 4.15. The lowest BCUT2D eigenvalue weighted by Gasteiger charge is -2.11. The number of rotatable bonds is 2. The molecule has 2 nitrogen and oxygen atoms in total. The minimum absolute atomic E-state index is 0.0271. The first-order chi connectivity index (χ1) is 8.54. The number of hydrogen-bond donors (Lipinski definition) is 0. The molecular weight excluding hydrogens is 246 g/mol. The third-order valence-electron chi connectivity index (χ3n) is 3.33. The maximum absolute atomic E-state index is 12.0. The fourth-order valence-electron chi connectivity index (χ4n) is 1.98. The zero-order chi connectivity index (χ0) is 13.3. The van der Waals surface area contributed by atoms with Crippen LogP contribution in [0.25, 0.3) is 11.3 Å². The lowest BCUT2D eigenvalue weighted by atomic mass is 10.0. The highest BCUT2D eigenvalue weighted by Crippen LogP contribution is 2.21. The highest BCUT2D eigenvalue weighted by Gasteiger charge is 2.07. The molecule has 0 saturated carbocycles. The second-order valence-electron chi connectivity index (χ2n) is 4.54. The Labute approximate surface area is 112 Å². The van der Waals surface area contributed by atoms with E-state index in [1.807, 2.05) is 12.1 Å². The van der Waals surface area contributed by atoms with E-state index in [1.54, 1.807) is 17.7 Å². The summed E-state index contributed by atoms with van der Waals surface area (Å²) < 4.78 is 1.65. The molecule has 0 fully saturated rings. The summed E-state index contributed by atoms with van der Waals surface area (Å²) in [4.78, 5) is 12.0. The van der Waals surface area contributed by atoms with Crippen molar-refractivity contribution in [1.82, 2.24) is 4.57 Å². The van der Waals surface area contributed by atoms with Gasteiger partial charge in [0.15, 0.2) is 0 Å². The van der Waals surface area contributed by atoms with Crippen molar-refractivity contribution in [3.05, 3.63) is 57.4 Å². The number of benzene rings is 1. The van der Waals surface area contributed by atoms with Gasteiger partial charge in [-0.1, -0.05) is 18.2 Å². The number of nitrogens with zero attached hydrogens (tertiary/aromatic N) is 1. The molecule has 18 heavy (non-hydrogen) atoms. The first-order valence-corrected chi connectivity index (χ1v) is 6.40. The minimum atomic E-state index is -0.0271. The lowest BCUT2D eigenvalue weighted by Crippen LogP contribution is -2.21. The van der Waals surface area contributed by atoms with Crippen molar-refractivity contribution in [3.8, 4) is 11.3 Å². The molecule has 0 aliphatic rings. The van der Waals surface area contributed by atoms with Gasteiger partial charge in [0, 0.05) is 12.6 Å². The normalized spacial score (nSPS) is 10.7. The average molecular weight is 262 g/mol. The molecule has 0 saturated heterocycles. The molecule has 1 heterocycles. The average Bonchev–Trinajstić information content (AvgIpc) is 2.36. The molecule has 0 amide bonds. The Morgan fingerprint density at radius 1 is 1.11 bits per heavy atom. The number of aromatic nitrogens is 1. The van der Waals surface area contributed by atoms with Crippen molar-refractivity contribution in [2.75, 3.05) is 0 Å². The zero-order valence-electron chi connectivity index (χ0n) is 10.8. The molecule has 0 bridgehead atoms. The SMILES string of the molecule is Cc1ccc(-c2ccc(CCl)c(=O)n2C)cc1C. The Bertz CT molecular complexity index is 643. The van der Waals surface area contributed by atoms with Gasteiger partial charge < -0.3 is 4.57 Å². The topological polar surface area (TPSA) is 22.0 Å². The zero-order valence-corrected chi connectivity index (χ0v) is 11.6. The van der Waals surface area contributed by atoms with Crippen molar-refractivity contribution >= 4 is 11.6 Å². The second kappa shape index (κ2) is 4.99. The minimum Gasteiger partial charge on any atom is -0.311 e. The van der Waals surface area contributed by atoms with E-state index in [4.69, 9.17) is 11.6 Å². The highest BCUT2D eigenvalue weighted by atomic mass is 35.5. The molecule has 0 unspecified atom stereocenters. The Balaban J connectivity index is 2.61. The monoisotopic (exact) mass is 261 g/mol. The predicted octanol–water partition coefficient (Wildman–Crippen LogP) is 3.41. The molecule has 1 aromatic heterocycles. The fourth-order valence-corrected chi connectivity index (χ4v) is 2.18. The van der Waals surface area contributed by atoms with Gasteiger partial charge in [-0.05, 0) is 42.7 Å². The van der Waals surface area contributed by atoms with Crippen LogP contribution in [-0.2, 0) is 12.9 Å². The number of pyridine rings is 1. The molecule has 0 aliphatic carbocycles. The molecule has 1 aromatic carbocycles. The molecule has 2 aromatic rings. The van der Waals surface area contributed by atoms with Gasteiger partial charge in [0.2, 0.25) is 0 Å². The summed E-state index contributed by atoms with van der Waals surface area (Å²) >= 11 is 5.74. The van der Waals surface area contributed by atoms with Gasteiger partial charge in [0.25, 0.3) is 5.56 Å². The summed E-state index contributed by atoms with van der Waals surface area (Å²) in [7, 11) is 1.78. The van der Waals surface area contributed by atoms with E-state index < -0.39 is 0 Å². The number of alkyl halides is 1. The summed E-state index contributed by atoms with van der Waals surface area (Å²) in [5, 5.41) is 0. The number of hydrogen-bond acceptors (Lipinski definition) is 1. The fraction of sp³-hybridized carbons (Fsp3) is 0.267. The van der Waals surface area contributed by atoms with Crippen molar-refractivity contribution in [1.29, 1.82) is 0 Å².